The molecule has 0 saturated heterocycles. The molecule has 0 saturated carbocycles. The molecule has 1 aromatic carbocycles. The number of pyridine rings is 1. The number of aromatic nitrogens is 1. The van der Waals surface area contributed by atoms with Crippen molar-refractivity contribution in [3.05, 3.63) is 63.4 Å². The van der Waals surface area contributed by atoms with E-state index < -0.39 is 0 Å². The molecule has 0 atom stereocenters. The average Bonchev–Trinajstić information content (AvgIpc) is 2.55. The number of unbranched alkanes of at least 4 members (excludes halogenated alkanes) is 1. The number of carbonyl (C=O) groups is 2. The molecule has 0 aliphatic heterocycles. The summed E-state index contributed by atoms with van der Waals surface area (Å²) in [6, 6.07) is 8.06. The Morgan fingerprint density at radius 3 is 2.67 bits per heavy atom. The zero-order chi connectivity index (χ0) is 17.5. The van der Waals surface area contributed by atoms with Crippen LogP contribution in [0, 0.1) is 0 Å². The van der Waals surface area contributed by atoms with Gasteiger partial charge < -0.3 is 5.32 Å². The highest BCUT2D eigenvalue weighted by Gasteiger charge is 2.17. The van der Waals surface area contributed by atoms with Gasteiger partial charge in [0.25, 0.3) is 5.91 Å². The molecule has 2 aromatic rings. The zero-order valence-electron chi connectivity index (χ0n) is 13.3. The minimum Gasteiger partial charge on any atom is -0.352 e. The summed E-state index contributed by atoms with van der Waals surface area (Å²) in [4.78, 5) is 28.9. The van der Waals surface area contributed by atoms with Crippen molar-refractivity contribution in [2.24, 2.45) is 0 Å². The highest BCUT2D eigenvalue weighted by Crippen LogP contribution is 2.22. The van der Waals surface area contributed by atoms with Crippen LogP contribution in [0.5, 0.6) is 0 Å². The minimum atomic E-state index is -0.221. The van der Waals surface area contributed by atoms with Crippen LogP contribution in [0.2, 0.25) is 10.0 Å². The maximum absolute atomic E-state index is 12.5. The molecule has 4 nitrogen and oxygen atoms in total. The number of ketones is 1. The number of hydrogen-bond acceptors (Lipinski definition) is 3. The second-order valence-electron chi connectivity index (χ2n) is 5.33. The van der Waals surface area contributed by atoms with Crippen molar-refractivity contribution >= 4 is 34.9 Å². The lowest BCUT2D eigenvalue weighted by Crippen LogP contribution is -2.26. The summed E-state index contributed by atoms with van der Waals surface area (Å²) in [5.74, 6) is -0.431. The van der Waals surface area contributed by atoms with E-state index in [1.165, 1.54) is 6.07 Å². The highest BCUT2D eigenvalue weighted by molar-refractivity contribution is 6.36. The van der Waals surface area contributed by atoms with E-state index in [1.807, 2.05) is 0 Å². The number of Topliss-reactive ketones (excluding diaryl/α,β-unsaturated/α-hetero) is 1. The van der Waals surface area contributed by atoms with Gasteiger partial charge in [-0.3, -0.25) is 14.6 Å². The third-order valence-electron chi connectivity index (χ3n) is 3.51. The maximum Gasteiger partial charge on any atom is 0.253 e. The van der Waals surface area contributed by atoms with E-state index in [-0.39, 0.29) is 23.1 Å². The van der Waals surface area contributed by atoms with Crippen LogP contribution in [0.4, 0.5) is 0 Å². The average molecular weight is 365 g/mol. The van der Waals surface area contributed by atoms with Crippen LogP contribution in [-0.4, -0.2) is 23.2 Å². The summed E-state index contributed by atoms with van der Waals surface area (Å²) in [6.45, 7) is 2.65. The molecule has 0 aliphatic rings. The normalized spacial score (nSPS) is 10.5. The molecule has 1 heterocycles. The lowest BCUT2D eigenvalue weighted by molar-refractivity contribution is 0.0951. The van der Waals surface area contributed by atoms with Crippen molar-refractivity contribution in [3.63, 3.8) is 0 Å². The number of nitrogens with one attached hydrogen (secondary N) is 1. The molecule has 2 rings (SSSR count). The van der Waals surface area contributed by atoms with Crippen molar-refractivity contribution in [2.45, 2.75) is 26.2 Å². The van der Waals surface area contributed by atoms with Gasteiger partial charge >= 0.3 is 0 Å². The molecule has 1 aromatic heterocycles. The van der Waals surface area contributed by atoms with Gasteiger partial charge in [-0.15, -0.1) is 0 Å². The standard InChI is InChI=1S/C18H18Cl2N2O2/c1-2-3-8-22-18(24)14-5-4-9-21-16(14)11-17(23)13-7-6-12(19)10-15(13)20/h4-7,9-10H,2-3,8,11H2,1H3,(H,22,24). The molecule has 126 valence electrons. The van der Waals surface area contributed by atoms with Crippen LogP contribution in [0.15, 0.2) is 36.5 Å². The molecule has 24 heavy (non-hydrogen) atoms. The fraction of sp³-hybridized carbons (Fsp3) is 0.278. The van der Waals surface area contributed by atoms with Gasteiger partial charge in [0.1, 0.15) is 0 Å². The van der Waals surface area contributed by atoms with Gasteiger partial charge in [0.2, 0.25) is 0 Å². The van der Waals surface area contributed by atoms with Gasteiger partial charge in [0.15, 0.2) is 5.78 Å². The molecular formula is C18H18Cl2N2O2. The summed E-state index contributed by atoms with van der Waals surface area (Å²) >= 11 is 11.9. The summed E-state index contributed by atoms with van der Waals surface area (Å²) in [5, 5.41) is 3.59. The predicted octanol–water partition coefficient (Wildman–Crippen LogP) is 4.34. The van der Waals surface area contributed by atoms with Gasteiger partial charge in [0, 0.05) is 23.3 Å². The fourth-order valence-corrected chi connectivity index (χ4v) is 2.74. The predicted molar refractivity (Wildman–Crippen MR) is 96.0 cm³/mol. The van der Waals surface area contributed by atoms with Crippen LogP contribution in [0.3, 0.4) is 0 Å². The molecule has 0 bridgehead atoms. The van der Waals surface area contributed by atoms with Crippen LogP contribution < -0.4 is 5.32 Å². The number of carbonyl (C=O) groups excluding carboxylic acids is 2. The Morgan fingerprint density at radius 2 is 1.96 bits per heavy atom. The van der Waals surface area contributed by atoms with Crippen LogP contribution >= 0.6 is 23.2 Å². The molecular weight excluding hydrogens is 347 g/mol. The summed E-state index contributed by atoms with van der Waals surface area (Å²) in [5.41, 5.74) is 1.21. The van der Waals surface area contributed by atoms with Crippen LogP contribution in [-0.2, 0) is 6.42 Å². The summed E-state index contributed by atoms with van der Waals surface area (Å²) in [6.07, 6.45) is 3.46. The lowest BCUT2D eigenvalue weighted by Gasteiger charge is -2.09. The largest absolute Gasteiger partial charge is 0.352 e. The Hall–Kier alpha value is -1.91. The van der Waals surface area contributed by atoms with Crippen molar-refractivity contribution in [1.82, 2.24) is 10.3 Å². The van der Waals surface area contributed by atoms with E-state index in [0.717, 1.165) is 12.8 Å². The number of benzene rings is 1. The Balaban J connectivity index is 2.17. The van der Waals surface area contributed by atoms with Gasteiger partial charge in [-0.05, 0) is 36.8 Å². The molecule has 0 aliphatic carbocycles. The highest BCUT2D eigenvalue weighted by atomic mass is 35.5. The van der Waals surface area contributed by atoms with Crippen LogP contribution in [0.1, 0.15) is 46.2 Å². The fourth-order valence-electron chi connectivity index (χ4n) is 2.22. The molecule has 0 spiro atoms. The van der Waals surface area contributed by atoms with Crippen LogP contribution in [0.25, 0.3) is 0 Å². The smallest absolute Gasteiger partial charge is 0.253 e. The second-order valence-corrected chi connectivity index (χ2v) is 6.17. The zero-order valence-corrected chi connectivity index (χ0v) is 14.8. The lowest BCUT2D eigenvalue weighted by atomic mass is 10.0. The minimum absolute atomic E-state index is 0.00127. The quantitative estimate of drug-likeness (QED) is 0.586. The molecule has 1 amide bonds. The van der Waals surface area contributed by atoms with E-state index in [9.17, 15) is 9.59 Å². The van der Waals surface area contributed by atoms with Crippen molar-refractivity contribution in [1.29, 1.82) is 0 Å². The van der Waals surface area contributed by atoms with Crippen molar-refractivity contribution in [2.75, 3.05) is 6.54 Å². The molecule has 0 fully saturated rings. The SMILES string of the molecule is CCCCNC(=O)c1cccnc1CC(=O)c1ccc(Cl)cc1Cl. The van der Waals surface area contributed by atoms with Crippen molar-refractivity contribution in [3.8, 4) is 0 Å². The number of amides is 1. The molecule has 1 N–H and O–H groups in total. The van der Waals surface area contributed by atoms with Crippen molar-refractivity contribution < 1.29 is 9.59 Å². The first-order valence-electron chi connectivity index (χ1n) is 7.73. The first-order valence-corrected chi connectivity index (χ1v) is 8.49. The van der Waals surface area contributed by atoms with E-state index >= 15 is 0 Å². The van der Waals surface area contributed by atoms with E-state index in [4.69, 9.17) is 23.2 Å². The number of halogens is 2. The first-order chi connectivity index (χ1) is 11.5. The second kappa shape index (κ2) is 8.81. The molecule has 0 radical (unpaired) electrons. The van der Waals surface area contributed by atoms with Gasteiger partial charge in [-0.25, -0.2) is 0 Å². The monoisotopic (exact) mass is 364 g/mol. The van der Waals surface area contributed by atoms with E-state index in [1.54, 1.807) is 30.5 Å². The first kappa shape index (κ1) is 18.4. The molecule has 0 unspecified atom stereocenters. The Labute approximate surface area is 151 Å². The van der Waals surface area contributed by atoms with Gasteiger partial charge in [-0.2, -0.15) is 0 Å². The topological polar surface area (TPSA) is 59.1 Å². The van der Waals surface area contributed by atoms with Gasteiger partial charge in [0.05, 0.1) is 22.7 Å². The number of hydrogen-bond donors (Lipinski definition) is 1. The number of nitrogens with zero attached hydrogens (tertiary/aromatic N) is 1. The summed E-state index contributed by atoms with van der Waals surface area (Å²) in [7, 11) is 0. The third kappa shape index (κ3) is 4.79. The Bertz CT molecular complexity index is 748. The van der Waals surface area contributed by atoms with Gasteiger partial charge in [-0.1, -0.05) is 36.5 Å². The maximum atomic E-state index is 12.5. The third-order valence-corrected chi connectivity index (χ3v) is 4.06. The Kier molecular flexibility index (Phi) is 6.76. The van der Waals surface area contributed by atoms with E-state index in [2.05, 4.69) is 17.2 Å². The van der Waals surface area contributed by atoms with E-state index in [0.29, 0.717) is 28.4 Å². The Morgan fingerprint density at radius 1 is 1.17 bits per heavy atom. The summed E-state index contributed by atoms with van der Waals surface area (Å²) < 4.78 is 0. The molecule has 6 heteroatoms. The number of rotatable bonds is 7.